The first-order valence-electron chi connectivity index (χ1n) is 12.1. The van der Waals surface area contributed by atoms with Gasteiger partial charge in [0.15, 0.2) is 5.11 Å². The van der Waals surface area contributed by atoms with Gasteiger partial charge in [0.05, 0.1) is 29.9 Å². The lowest BCUT2D eigenvalue weighted by atomic mass is 9.96. The van der Waals surface area contributed by atoms with Crippen LogP contribution in [0.4, 0.5) is 11.4 Å². The molecule has 1 N–H and O–H groups in total. The zero-order valence-electron chi connectivity index (χ0n) is 21.6. The molecule has 1 fully saturated rings. The van der Waals surface area contributed by atoms with E-state index in [1.54, 1.807) is 7.11 Å². The molecule has 190 valence electrons. The smallest absolute Gasteiger partial charge is 0.174 e. The molecule has 3 heterocycles. The lowest BCUT2D eigenvalue weighted by molar-refractivity contribution is 0.415. The molecule has 1 aliphatic heterocycles. The average Bonchev–Trinajstić information content (AvgIpc) is 3.39. The second-order valence-corrected chi connectivity index (χ2v) is 10.2. The Balaban J connectivity index is 1.65. The van der Waals surface area contributed by atoms with Gasteiger partial charge in [-0.25, -0.2) is 0 Å². The number of methoxy groups -OCH3 is 1. The molecule has 0 aliphatic carbocycles. The van der Waals surface area contributed by atoms with E-state index in [9.17, 15) is 0 Å². The first-order valence-corrected chi connectivity index (χ1v) is 12.9. The number of ether oxygens (including phenoxy) is 1. The predicted octanol–water partition coefficient (Wildman–Crippen LogP) is 6.39. The summed E-state index contributed by atoms with van der Waals surface area (Å²) in [4.78, 5) is 8.92. The van der Waals surface area contributed by atoms with E-state index in [4.69, 9.17) is 28.6 Å². The molecular weight excluding hydrogens is 502 g/mol. The number of halogens is 1. The van der Waals surface area contributed by atoms with Gasteiger partial charge < -0.3 is 24.4 Å². The molecule has 8 heteroatoms. The number of aromatic nitrogens is 2. The summed E-state index contributed by atoms with van der Waals surface area (Å²) in [6.45, 7) is 4.31. The Kier molecular flexibility index (Phi) is 6.84. The number of hydrogen-bond donors (Lipinski definition) is 1. The number of anilines is 2. The van der Waals surface area contributed by atoms with Crippen molar-refractivity contribution >= 4 is 40.3 Å². The van der Waals surface area contributed by atoms with Crippen molar-refractivity contribution in [1.82, 2.24) is 14.9 Å². The topological polar surface area (TPSA) is 45.6 Å². The van der Waals surface area contributed by atoms with Gasteiger partial charge in [-0.05, 0) is 92.3 Å². The van der Waals surface area contributed by atoms with Gasteiger partial charge in [-0.3, -0.25) is 4.98 Å². The standard InChI is InChI=1S/C29H30ClN5OS/c1-18-16-23(19(2)34(18)21-11-9-20(10-12-21)33(3)4)28-27(25-8-6-7-15-31-25)32-29(37)35(28)22-13-14-26(36-5)24(30)17-22/h6-17,27-28H,1-5H3,(H,32,37)/t27-,28+/m0/s1. The van der Waals surface area contributed by atoms with Gasteiger partial charge in [0.25, 0.3) is 0 Å². The van der Waals surface area contributed by atoms with Gasteiger partial charge >= 0.3 is 0 Å². The number of pyridine rings is 1. The van der Waals surface area contributed by atoms with E-state index >= 15 is 0 Å². The summed E-state index contributed by atoms with van der Waals surface area (Å²) in [5.74, 6) is 0.626. The van der Waals surface area contributed by atoms with Crippen molar-refractivity contribution in [2.75, 3.05) is 31.0 Å². The third kappa shape index (κ3) is 4.54. The van der Waals surface area contributed by atoms with E-state index in [1.165, 1.54) is 5.56 Å². The van der Waals surface area contributed by atoms with Crippen LogP contribution in [-0.4, -0.2) is 35.9 Å². The molecule has 0 saturated carbocycles. The van der Waals surface area contributed by atoms with Crippen molar-refractivity contribution in [1.29, 1.82) is 0 Å². The Morgan fingerprint density at radius 2 is 1.73 bits per heavy atom. The third-order valence-corrected chi connectivity index (χ3v) is 7.53. The minimum absolute atomic E-state index is 0.132. The van der Waals surface area contributed by atoms with E-state index in [2.05, 4.69) is 68.8 Å². The van der Waals surface area contributed by atoms with Crippen LogP contribution in [0.25, 0.3) is 5.69 Å². The van der Waals surface area contributed by atoms with Gasteiger partial charge in [0.2, 0.25) is 0 Å². The van der Waals surface area contributed by atoms with Crippen LogP contribution in [0, 0.1) is 13.8 Å². The van der Waals surface area contributed by atoms with Crippen molar-refractivity contribution in [3.8, 4) is 11.4 Å². The second-order valence-electron chi connectivity index (χ2n) is 9.39. The lowest BCUT2D eigenvalue weighted by Crippen LogP contribution is -2.29. The molecule has 0 unspecified atom stereocenters. The molecule has 2 atom stereocenters. The van der Waals surface area contributed by atoms with E-state index < -0.39 is 0 Å². The summed E-state index contributed by atoms with van der Waals surface area (Å²) < 4.78 is 7.68. The number of aryl methyl sites for hydroxylation is 1. The van der Waals surface area contributed by atoms with Crippen LogP contribution < -0.4 is 19.9 Å². The molecule has 37 heavy (non-hydrogen) atoms. The van der Waals surface area contributed by atoms with E-state index in [-0.39, 0.29) is 12.1 Å². The first kappa shape index (κ1) is 25.1. The zero-order valence-corrected chi connectivity index (χ0v) is 23.1. The molecule has 0 bridgehead atoms. The highest BCUT2D eigenvalue weighted by molar-refractivity contribution is 7.80. The summed E-state index contributed by atoms with van der Waals surface area (Å²) in [6, 6.07) is 22.3. The molecule has 4 aromatic rings. The summed E-state index contributed by atoms with van der Waals surface area (Å²) in [5, 5.41) is 4.70. The second kappa shape index (κ2) is 10.1. The summed E-state index contributed by atoms with van der Waals surface area (Å²) in [6.07, 6.45) is 1.82. The average molecular weight is 532 g/mol. The number of thiocarbonyl (C=S) groups is 1. The molecule has 0 amide bonds. The van der Waals surface area contributed by atoms with Gasteiger partial charge in [0, 0.05) is 48.7 Å². The van der Waals surface area contributed by atoms with E-state index in [0.29, 0.717) is 15.9 Å². The number of rotatable bonds is 6. The number of benzene rings is 2. The SMILES string of the molecule is COc1ccc(N2C(=S)N[C@@H](c3ccccn3)[C@H]2c2cc(C)n(-c3ccc(N(C)C)cc3)c2C)cc1Cl. The van der Waals surface area contributed by atoms with Gasteiger partial charge in [-0.2, -0.15) is 0 Å². The molecule has 1 saturated heterocycles. The zero-order chi connectivity index (χ0) is 26.3. The van der Waals surface area contributed by atoms with Crippen LogP contribution in [0.1, 0.15) is 34.7 Å². The monoisotopic (exact) mass is 531 g/mol. The maximum absolute atomic E-state index is 6.54. The van der Waals surface area contributed by atoms with Gasteiger partial charge in [-0.1, -0.05) is 17.7 Å². The third-order valence-electron chi connectivity index (χ3n) is 6.92. The highest BCUT2D eigenvalue weighted by Gasteiger charge is 2.42. The lowest BCUT2D eigenvalue weighted by Gasteiger charge is -2.28. The minimum atomic E-state index is -0.139. The Morgan fingerprint density at radius 3 is 2.35 bits per heavy atom. The Hall–Kier alpha value is -3.55. The van der Waals surface area contributed by atoms with Gasteiger partial charge in [0.1, 0.15) is 5.75 Å². The maximum atomic E-state index is 6.54. The molecule has 0 radical (unpaired) electrons. The maximum Gasteiger partial charge on any atom is 0.174 e. The molecule has 2 aromatic carbocycles. The molecular formula is C29H30ClN5OS. The number of hydrogen-bond acceptors (Lipinski definition) is 4. The van der Waals surface area contributed by atoms with Crippen molar-refractivity contribution in [2.45, 2.75) is 25.9 Å². The fourth-order valence-corrected chi connectivity index (χ4v) is 5.74. The summed E-state index contributed by atoms with van der Waals surface area (Å²) in [7, 11) is 5.71. The highest BCUT2D eigenvalue weighted by atomic mass is 35.5. The Bertz CT molecular complexity index is 1430. The highest BCUT2D eigenvalue weighted by Crippen LogP contribution is 2.45. The molecule has 1 aliphatic rings. The van der Waals surface area contributed by atoms with Crippen LogP contribution in [0.2, 0.25) is 5.02 Å². The fourth-order valence-electron chi connectivity index (χ4n) is 5.14. The van der Waals surface area contributed by atoms with Crippen molar-refractivity contribution < 1.29 is 4.74 Å². The Morgan fingerprint density at radius 1 is 1.00 bits per heavy atom. The summed E-state index contributed by atoms with van der Waals surface area (Å²) in [5.41, 5.74) is 7.57. The molecule has 0 spiro atoms. The van der Waals surface area contributed by atoms with Crippen LogP contribution in [0.5, 0.6) is 5.75 Å². The first-order chi connectivity index (χ1) is 17.8. The van der Waals surface area contributed by atoms with Crippen LogP contribution in [0.3, 0.4) is 0 Å². The normalized spacial score (nSPS) is 17.1. The van der Waals surface area contributed by atoms with Crippen LogP contribution in [0.15, 0.2) is 72.9 Å². The molecule has 5 rings (SSSR count). The predicted molar refractivity (Wildman–Crippen MR) is 156 cm³/mol. The summed E-state index contributed by atoms with van der Waals surface area (Å²) >= 11 is 12.4. The fraction of sp³-hybridized carbons (Fsp3) is 0.241. The molecule has 6 nitrogen and oxygen atoms in total. The Labute approximate surface area is 228 Å². The number of nitrogens with one attached hydrogen (secondary N) is 1. The van der Waals surface area contributed by atoms with Crippen LogP contribution in [-0.2, 0) is 0 Å². The molecule has 2 aromatic heterocycles. The quantitative estimate of drug-likeness (QED) is 0.291. The van der Waals surface area contributed by atoms with Crippen molar-refractivity contribution in [3.63, 3.8) is 0 Å². The number of nitrogens with zero attached hydrogens (tertiary/aromatic N) is 4. The van der Waals surface area contributed by atoms with Crippen LogP contribution >= 0.6 is 23.8 Å². The van der Waals surface area contributed by atoms with E-state index in [1.807, 2.05) is 56.7 Å². The van der Waals surface area contributed by atoms with Crippen molar-refractivity contribution in [2.24, 2.45) is 0 Å². The van der Waals surface area contributed by atoms with E-state index in [0.717, 1.165) is 34.1 Å². The van der Waals surface area contributed by atoms with Gasteiger partial charge in [-0.15, -0.1) is 0 Å². The largest absolute Gasteiger partial charge is 0.495 e. The van der Waals surface area contributed by atoms with Crippen molar-refractivity contribution in [3.05, 3.63) is 101 Å². The minimum Gasteiger partial charge on any atom is -0.495 e.